The van der Waals surface area contributed by atoms with Crippen LogP contribution in [0.3, 0.4) is 0 Å². The molecule has 0 aliphatic rings. The predicted octanol–water partition coefficient (Wildman–Crippen LogP) is -0.328. The lowest BCUT2D eigenvalue weighted by atomic mass is 10.2. The second kappa shape index (κ2) is 6.58. The number of urea groups is 1. The molecule has 0 aromatic carbocycles. The van der Waals surface area contributed by atoms with Gasteiger partial charge in [-0.05, 0) is 20.8 Å². The number of carbonyl (C=O) groups is 2. The molecule has 18 heavy (non-hydrogen) atoms. The summed E-state index contributed by atoms with van der Waals surface area (Å²) in [4.78, 5) is 22.2. The Hall–Kier alpha value is -1.31. The molecule has 0 unspecified atom stereocenters. The standard InChI is InChI=1S/C10H20N2O5S/c1-5-17-8(13)6-11-9(14)12-7-10(2,3)18(4,15)16/h5-7H2,1-4H3,(H2,11,12,14). The van der Waals surface area contributed by atoms with Gasteiger partial charge in [0, 0.05) is 12.8 Å². The Bertz CT molecular complexity index is 402. The molecular formula is C10H20N2O5S. The minimum Gasteiger partial charge on any atom is -0.465 e. The van der Waals surface area contributed by atoms with Gasteiger partial charge in [0.25, 0.3) is 0 Å². The lowest BCUT2D eigenvalue weighted by Gasteiger charge is -2.22. The van der Waals surface area contributed by atoms with Gasteiger partial charge >= 0.3 is 12.0 Å². The maximum absolute atomic E-state index is 11.4. The van der Waals surface area contributed by atoms with Crippen LogP contribution in [0.1, 0.15) is 20.8 Å². The van der Waals surface area contributed by atoms with Crippen molar-refractivity contribution < 1.29 is 22.7 Å². The van der Waals surface area contributed by atoms with Crippen LogP contribution in [0.5, 0.6) is 0 Å². The van der Waals surface area contributed by atoms with E-state index in [1.165, 1.54) is 13.8 Å². The Morgan fingerprint density at radius 2 is 1.78 bits per heavy atom. The molecule has 0 atom stereocenters. The molecule has 0 bridgehead atoms. The van der Waals surface area contributed by atoms with E-state index in [0.29, 0.717) is 0 Å². The topological polar surface area (TPSA) is 102 Å². The minimum atomic E-state index is -3.27. The molecule has 0 spiro atoms. The van der Waals surface area contributed by atoms with Crippen molar-refractivity contribution in [3.63, 3.8) is 0 Å². The Morgan fingerprint density at radius 3 is 2.22 bits per heavy atom. The summed E-state index contributed by atoms with van der Waals surface area (Å²) < 4.78 is 26.3. The Labute approximate surface area is 107 Å². The van der Waals surface area contributed by atoms with Crippen LogP contribution < -0.4 is 10.6 Å². The van der Waals surface area contributed by atoms with E-state index >= 15 is 0 Å². The van der Waals surface area contributed by atoms with Crippen molar-refractivity contribution in [3.8, 4) is 0 Å². The second-order valence-corrected chi connectivity index (χ2v) is 7.02. The number of hydrogen-bond donors (Lipinski definition) is 2. The average molecular weight is 280 g/mol. The number of nitrogens with one attached hydrogen (secondary N) is 2. The monoisotopic (exact) mass is 280 g/mol. The average Bonchev–Trinajstić information content (AvgIpc) is 2.22. The molecule has 0 heterocycles. The summed E-state index contributed by atoms with van der Waals surface area (Å²) in [5, 5.41) is 4.66. The summed E-state index contributed by atoms with van der Waals surface area (Å²) in [6, 6.07) is -0.611. The molecule has 0 rings (SSSR count). The summed E-state index contributed by atoms with van der Waals surface area (Å²) in [6.45, 7) is 4.62. The number of carbonyl (C=O) groups excluding carboxylic acids is 2. The highest BCUT2D eigenvalue weighted by Gasteiger charge is 2.30. The number of sulfone groups is 1. The molecule has 2 N–H and O–H groups in total. The highest BCUT2D eigenvalue weighted by atomic mass is 32.2. The molecule has 0 saturated heterocycles. The van der Waals surface area contributed by atoms with Gasteiger partial charge in [-0.3, -0.25) is 4.79 Å². The number of hydrogen-bond acceptors (Lipinski definition) is 5. The van der Waals surface area contributed by atoms with Crippen LogP contribution in [0, 0.1) is 0 Å². The summed E-state index contributed by atoms with van der Waals surface area (Å²) in [7, 11) is -3.27. The fraction of sp³-hybridized carbons (Fsp3) is 0.800. The summed E-state index contributed by atoms with van der Waals surface area (Å²) in [5.41, 5.74) is 0. The maximum Gasteiger partial charge on any atom is 0.325 e. The Balaban J connectivity index is 4.09. The van der Waals surface area contributed by atoms with Crippen LogP contribution in [0.2, 0.25) is 0 Å². The smallest absolute Gasteiger partial charge is 0.325 e. The van der Waals surface area contributed by atoms with Crippen molar-refractivity contribution in [1.82, 2.24) is 10.6 Å². The second-order valence-electron chi connectivity index (χ2n) is 4.37. The first-order valence-electron chi connectivity index (χ1n) is 5.47. The van der Waals surface area contributed by atoms with Gasteiger partial charge in [-0.25, -0.2) is 13.2 Å². The van der Waals surface area contributed by atoms with Gasteiger partial charge in [0.05, 0.1) is 11.4 Å². The van der Waals surface area contributed by atoms with Gasteiger partial charge in [-0.1, -0.05) is 0 Å². The fourth-order valence-corrected chi connectivity index (χ4v) is 1.19. The lowest BCUT2D eigenvalue weighted by molar-refractivity contribution is -0.141. The minimum absolute atomic E-state index is 0.0412. The zero-order chi connectivity index (χ0) is 14.4. The third-order valence-electron chi connectivity index (χ3n) is 2.38. The Morgan fingerprint density at radius 1 is 1.22 bits per heavy atom. The Kier molecular flexibility index (Phi) is 6.10. The maximum atomic E-state index is 11.4. The largest absolute Gasteiger partial charge is 0.465 e. The third kappa shape index (κ3) is 5.85. The van der Waals surface area contributed by atoms with E-state index in [1.54, 1.807) is 6.92 Å². The van der Waals surface area contributed by atoms with Crippen LogP contribution in [0.4, 0.5) is 4.79 Å². The van der Waals surface area contributed by atoms with E-state index in [4.69, 9.17) is 0 Å². The van der Waals surface area contributed by atoms with E-state index < -0.39 is 26.6 Å². The van der Waals surface area contributed by atoms with Crippen molar-refractivity contribution in [2.24, 2.45) is 0 Å². The van der Waals surface area contributed by atoms with Gasteiger partial charge < -0.3 is 15.4 Å². The molecule has 0 aromatic rings. The molecule has 8 heteroatoms. The van der Waals surface area contributed by atoms with E-state index in [0.717, 1.165) is 6.26 Å². The van der Waals surface area contributed by atoms with Gasteiger partial charge in [0.1, 0.15) is 6.54 Å². The summed E-state index contributed by atoms with van der Waals surface area (Å²) in [6.07, 6.45) is 1.10. The van der Waals surface area contributed by atoms with E-state index in [1.807, 2.05) is 0 Å². The molecule has 0 fully saturated rings. The van der Waals surface area contributed by atoms with E-state index in [9.17, 15) is 18.0 Å². The first kappa shape index (κ1) is 16.7. The molecule has 0 aliphatic carbocycles. The normalized spacial score (nSPS) is 11.8. The summed E-state index contributed by atoms with van der Waals surface area (Å²) >= 11 is 0. The fourth-order valence-electron chi connectivity index (χ4n) is 0.851. The predicted molar refractivity (Wildman–Crippen MR) is 67.0 cm³/mol. The van der Waals surface area contributed by atoms with Crippen molar-refractivity contribution in [1.29, 1.82) is 0 Å². The van der Waals surface area contributed by atoms with Crippen LogP contribution >= 0.6 is 0 Å². The lowest BCUT2D eigenvalue weighted by Crippen LogP contribution is -2.47. The van der Waals surface area contributed by atoms with Gasteiger partial charge in [0.2, 0.25) is 0 Å². The summed E-state index contributed by atoms with van der Waals surface area (Å²) in [5.74, 6) is -0.546. The molecule has 0 aromatic heterocycles. The highest BCUT2D eigenvalue weighted by molar-refractivity contribution is 7.92. The molecule has 0 saturated carbocycles. The third-order valence-corrected chi connectivity index (χ3v) is 4.53. The highest BCUT2D eigenvalue weighted by Crippen LogP contribution is 2.12. The van der Waals surface area contributed by atoms with Crippen molar-refractivity contribution in [2.45, 2.75) is 25.5 Å². The zero-order valence-electron chi connectivity index (χ0n) is 11.1. The van der Waals surface area contributed by atoms with E-state index in [-0.39, 0.29) is 19.7 Å². The zero-order valence-corrected chi connectivity index (χ0v) is 11.9. The van der Waals surface area contributed by atoms with Crippen molar-refractivity contribution in [3.05, 3.63) is 0 Å². The van der Waals surface area contributed by atoms with Crippen molar-refractivity contribution in [2.75, 3.05) is 26.0 Å². The number of esters is 1. The van der Waals surface area contributed by atoms with Gasteiger partial charge in [-0.2, -0.15) is 0 Å². The van der Waals surface area contributed by atoms with Crippen LogP contribution in [0.25, 0.3) is 0 Å². The van der Waals surface area contributed by atoms with Crippen molar-refractivity contribution >= 4 is 21.8 Å². The van der Waals surface area contributed by atoms with Gasteiger partial charge in [0.15, 0.2) is 9.84 Å². The quantitative estimate of drug-likeness (QED) is 0.649. The first-order valence-corrected chi connectivity index (χ1v) is 7.36. The van der Waals surface area contributed by atoms with E-state index in [2.05, 4.69) is 15.4 Å². The molecule has 2 amide bonds. The SMILES string of the molecule is CCOC(=O)CNC(=O)NCC(C)(C)S(C)(=O)=O. The number of ether oxygens (including phenoxy) is 1. The number of rotatable bonds is 6. The molecule has 106 valence electrons. The molecular weight excluding hydrogens is 260 g/mol. The van der Waals surface area contributed by atoms with Crippen LogP contribution in [-0.4, -0.2) is 51.1 Å². The first-order chi connectivity index (χ1) is 8.10. The molecule has 0 aliphatic heterocycles. The molecule has 7 nitrogen and oxygen atoms in total. The number of amides is 2. The van der Waals surface area contributed by atoms with Gasteiger partial charge in [-0.15, -0.1) is 0 Å². The molecule has 0 radical (unpaired) electrons. The van der Waals surface area contributed by atoms with Crippen LogP contribution in [-0.2, 0) is 19.4 Å². The van der Waals surface area contributed by atoms with Crippen LogP contribution in [0.15, 0.2) is 0 Å².